The van der Waals surface area contributed by atoms with Gasteiger partial charge in [-0.3, -0.25) is 14.3 Å². The van der Waals surface area contributed by atoms with Crippen molar-refractivity contribution in [1.29, 1.82) is 0 Å². The maximum Gasteiger partial charge on any atom is 0.262 e. The number of fused-ring (bicyclic) bond motifs is 1. The third-order valence-electron chi connectivity index (χ3n) is 4.40. The second-order valence-corrected chi connectivity index (χ2v) is 7.51. The summed E-state index contributed by atoms with van der Waals surface area (Å²) in [5, 5.41) is 10.8. The Morgan fingerprint density at radius 2 is 2.21 bits per heavy atom. The topological polar surface area (TPSA) is 102 Å². The van der Waals surface area contributed by atoms with E-state index in [0.29, 0.717) is 17.3 Å². The summed E-state index contributed by atoms with van der Waals surface area (Å²) < 4.78 is 1.77. The van der Waals surface area contributed by atoms with Crippen LogP contribution in [0.15, 0.2) is 6.07 Å². The Balaban J connectivity index is 1.57. The Morgan fingerprint density at radius 3 is 2.83 bits per heavy atom. The molecule has 24 heavy (non-hydrogen) atoms. The van der Waals surface area contributed by atoms with Crippen molar-refractivity contribution < 1.29 is 9.59 Å². The van der Waals surface area contributed by atoms with Crippen LogP contribution in [0.3, 0.4) is 0 Å². The summed E-state index contributed by atoms with van der Waals surface area (Å²) >= 11 is 1.37. The molecule has 1 fully saturated rings. The minimum Gasteiger partial charge on any atom is -0.353 e. The summed E-state index contributed by atoms with van der Waals surface area (Å²) in [7, 11) is 1.85. The molecular weight excluding hydrogens is 326 g/mol. The number of nitrogens with two attached hydrogens (primary N) is 1. The lowest BCUT2D eigenvalue weighted by atomic mass is 10.2. The summed E-state index contributed by atoms with van der Waals surface area (Å²) in [6, 6.07) is 1.23. The number of hydrogen-bond acceptors (Lipinski definition) is 5. The molecule has 1 saturated carbocycles. The molecule has 0 aliphatic heterocycles. The van der Waals surface area contributed by atoms with Crippen LogP contribution >= 0.6 is 11.3 Å². The molecule has 2 amide bonds. The number of carbonyl (C=O) groups excluding carboxylic acids is 2. The molecule has 0 radical (unpaired) electrons. The molecule has 4 N–H and O–H groups in total. The first-order valence-corrected chi connectivity index (χ1v) is 8.95. The van der Waals surface area contributed by atoms with Crippen LogP contribution in [0, 0.1) is 12.8 Å². The summed E-state index contributed by atoms with van der Waals surface area (Å²) in [6.07, 6.45) is 2.28. The van der Waals surface area contributed by atoms with Gasteiger partial charge < -0.3 is 16.4 Å². The van der Waals surface area contributed by atoms with Gasteiger partial charge in [-0.05, 0) is 38.7 Å². The van der Waals surface area contributed by atoms with E-state index in [0.717, 1.165) is 28.8 Å². The first-order chi connectivity index (χ1) is 11.4. The summed E-state index contributed by atoms with van der Waals surface area (Å²) in [6.45, 7) is 4.05. The molecule has 3 rings (SSSR count). The number of thiophene rings is 1. The first-order valence-electron chi connectivity index (χ1n) is 8.14. The van der Waals surface area contributed by atoms with E-state index >= 15 is 0 Å². The van der Waals surface area contributed by atoms with Crippen molar-refractivity contribution in [3.63, 3.8) is 0 Å². The summed E-state index contributed by atoms with van der Waals surface area (Å²) in [5.74, 6) is 0.0775. The Kier molecular flexibility index (Phi) is 4.60. The molecule has 0 aromatic carbocycles. The van der Waals surface area contributed by atoms with E-state index in [1.54, 1.807) is 11.6 Å². The van der Waals surface area contributed by atoms with Crippen molar-refractivity contribution in [2.75, 3.05) is 6.54 Å². The van der Waals surface area contributed by atoms with Crippen molar-refractivity contribution in [2.24, 2.45) is 18.7 Å². The van der Waals surface area contributed by atoms with Crippen molar-refractivity contribution in [3.05, 3.63) is 16.6 Å². The van der Waals surface area contributed by atoms with E-state index in [-0.39, 0.29) is 17.9 Å². The third-order valence-corrected chi connectivity index (χ3v) is 5.60. The monoisotopic (exact) mass is 349 g/mol. The van der Waals surface area contributed by atoms with Gasteiger partial charge in [-0.25, -0.2) is 0 Å². The standard InChI is InChI=1S/C16H23N5O2S/c1-8-11-6-13(24-16(11)21(3)20-8)15(23)19-9(2)14(22)18-7-12(17)10-4-5-10/h6,9-10,12H,4-5,7,17H2,1-3H3,(H,18,22)(H,19,23). The predicted octanol–water partition coefficient (Wildman–Crippen LogP) is 0.915. The zero-order chi connectivity index (χ0) is 17.4. The average molecular weight is 349 g/mol. The van der Waals surface area contributed by atoms with Gasteiger partial charge in [-0.1, -0.05) is 0 Å². The summed E-state index contributed by atoms with van der Waals surface area (Å²) in [5.41, 5.74) is 6.86. The van der Waals surface area contributed by atoms with Crippen molar-refractivity contribution in [1.82, 2.24) is 20.4 Å². The molecule has 2 atom stereocenters. The highest BCUT2D eigenvalue weighted by atomic mass is 32.1. The fourth-order valence-electron chi connectivity index (χ4n) is 2.71. The Bertz CT molecular complexity index is 742. The van der Waals surface area contributed by atoms with Gasteiger partial charge in [0.05, 0.1) is 10.6 Å². The van der Waals surface area contributed by atoms with Crippen LogP contribution in [0.2, 0.25) is 0 Å². The van der Waals surface area contributed by atoms with Crippen molar-refractivity contribution >= 4 is 33.4 Å². The fourth-order valence-corrected chi connectivity index (χ4v) is 3.74. The second-order valence-electron chi connectivity index (χ2n) is 6.48. The van der Waals surface area contributed by atoms with Crippen LogP contribution in [0.5, 0.6) is 0 Å². The minimum absolute atomic E-state index is 0.00919. The van der Waals surface area contributed by atoms with Crippen molar-refractivity contribution in [3.8, 4) is 0 Å². The maximum atomic E-state index is 12.4. The number of amides is 2. The van der Waals surface area contributed by atoms with E-state index in [1.165, 1.54) is 11.3 Å². The van der Waals surface area contributed by atoms with E-state index in [2.05, 4.69) is 15.7 Å². The van der Waals surface area contributed by atoms with Gasteiger partial charge in [-0.2, -0.15) is 5.10 Å². The third kappa shape index (κ3) is 3.44. The Labute approximate surface area is 144 Å². The molecule has 1 aliphatic rings. The van der Waals surface area contributed by atoms with Crippen LogP contribution in [0.1, 0.15) is 35.1 Å². The molecule has 0 bridgehead atoms. The molecule has 2 aromatic heterocycles. The number of aryl methyl sites for hydroxylation is 2. The molecule has 2 aromatic rings. The normalized spacial score (nSPS) is 16.8. The number of nitrogens with one attached hydrogen (secondary N) is 2. The highest BCUT2D eigenvalue weighted by Gasteiger charge is 2.29. The molecule has 0 saturated heterocycles. The molecular formula is C16H23N5O2S. The number of aromatic nitrogens is 2. The highest BCUT2D eigenvalue weighted by molar-refractivity contribution is 7.20. The van der Waals surface area contributed by atoms with Gasteiger partial charge in [0, 0.05) is 25.0 Å². The van der Waals surface area contributed by atoms with E-state index in [1.807, 2.05) is 20.0 Å². The molecule has 1 aliphatic carbocycles. The lowest BCUT2D eigenvalue weighted by Crippen LogP contribution is -2.48. The molecule has 130 valence electrons. The molecule has 8 heteroatoms. The number of carbonyl (C=O) groups is 2. The molecule has 0 spiro atoms. The van der Waals surface area contributed by atoms with Crippen LogP contribution < -0.4 is 16.4 Å². The Morgan fingerprint density at radius 1 is 1.50 bits per heavy atom. The van der Waals surface area contributed by atoms with E-state index in [4.69, 9.17) is 5.73 Å². The Hall–Kier alpha value is -1.93. The van der Waals surface area contributed by atoms with Crippen LogP contribution in [0.25, 0.3) is 10.2 Å². The quantitative estimate of drug-likeness (QED) is 0.721. The summed E-state index contributed by atoms with van der Waals surface area (Å²) in [4.78, 5) is 26.0. The number of nitrogens with zero attached hydrogens (tertiary/aromatic N) is 2. The van der Waals surface area contributed by atoms with Crippen LogP contribution in [0.4, 0.5) is 0 Å². The van der Waals surface area contributed by atoms with E-state index < -0.39 is 6.04 Å². The molecule has 2 unspecified atom stereocenters. The fraction of sp³-hybridized carbons (Fsp3) is 0.562. The lowest BCUT2D eigenvalue weighted by molar-refractivity contribution is -0.122. The van der Waals surface area contributed by atoms with Gasteiger partial charge in [-0.15, -0.1) is 11.3 Å². The first kappa shape index (κ1) is 16.9. The maximum absolute atomic E-state index is 12.4. The average Bonchev–Trinajstić information content (AvgIpc) is 3.23. The van der Waals surface area contributed by atoms with Crippen LogP contribution in [-0.4, -0.2) is 40.2 Å². The smallest absolute Gasteiger partial charge is 0.262 e. The number of rotatable bonds is 6. The predicted molar refractivity (Wildman–Crippen MR) is 94.0 cm³/mol. The molecule has 2 heterocycles. The molecule has 7 nitrogen and oxygen atoms in total. The van der Waals surface area contributed by atoms with Gasteiger partial charge >= 0.3 is 0 Å². The van der Waals surface area contributed by atoms with Crippen LogP contribution in [-0.2, 0) is 11.8 Å². The zero-order valence-electron chi connectivity index (χ0n) is 14.1. The SMILES string of the molecule is Cc1nn(C)c2sc(C(=O)NC(C)C(=O)NCC(N)C3CC3)cc12. The van der Waals surface area contributed by atoms with Gasteiger partial charge in [0.2, 0.25) is 5.91 Å². The van der Waals surface area contributed by atoms with Gasteiger partial charge in [0.1, 0.15) is 10.9 Å². The second kappa shape index (κ2) is 6.52. The van der Waals surface area contributed by atoms with E-state index in [9.17, 15) is 9.59 Å². The highest BCUT2D eigenvalue weighted by Crippen LogP contribution is 2.31. The minimum atomic E-state index is -0.603. The van der Waals surface area contributed by atoms with Crippen molar-refractivity contribution in [2.45, 2.75) is 38.8 Å². The largest absolute Gasteiger partial charge is 0.353 e. The lowest BCUT2D eigenvalue weighted by Gasteiger charge is -2.16. The van der Waals surface area contributed by atoms with Gasteiger partial charge in [0.25, 0.3) is 5.91 Å². The number of hydrogen-bond donors (Lipinski definition) is 3. The van der Waals surface area contributed by atoms with Gasteiger partial charge in [0.15, 0.2) is 0 Å². The zero-order valence-corrected chi connectivity index (χ0v) is 14.9.